The number of guanidine groups is 1. The number of ether oxygens (including phenoxy) is 1. The molecule has 0 amide bonds. The van der Waals surface area contributed by atoms with E-state index in [1.54, 1.807) is 0 Å². The van der Waals surface area contributed by atoms with Gasteiger partial charge in [-0.25, -0.2) is 0 Å². The molecule has 2 fully saturated rings. The molecule has 3 rings (SSSR count). The fraction of sp³-hybridized carbons (Fsp3) is 0.682. The Labute approximate surface area is 169 Å². The molecule has 2 saturated heterocycles. The summed E-state index contributed by atoms with van der Waals surface area (Å²) in [6, 6.07) is 10.1. The maximum Gasteiger partial charge on any atom is 0.193 e. The Morgan fingerprint density at radius 3 is 2.50 bits per heavy atom. The van der Waals surface area contributed by atoms with Crippen molar-refractivity contribution in [2.45, 2.75) is 51.2 Å². The van der Waals surface area contributed by atoms with Crippen LogP contribution in [0.5, 0.6) is 5.75 Å². The Balaban J connectivity index is 1.40. The van der Waals surface area contributed by atoms with Gasteiger partial charge in [-0.3, -0.25) is 4.99 Å². The number of aliphatic hydroxyl groups excluding tert-OH is 1. The number of para-hydroxylation sites is 1. The van der Waals surface area contributed by atoms with Crippen LogP contribution >= 0.6 is 0 Å². The van der Waals surface area contributed by atoms with Crippen molar-refractivity contribution in [2.24, 2.45) is 4.99 Å². The van der Waals surface area contributed by atoms with Crippen molar-refractivity contribution in [3.05, 3.63) is 30.3 Å². The lowest BCUT2D eigenvalue weighted by molar-refractivity contribution is 0.0824. The van der Waals surface area contributed by atoms with Crippen molar-refractivity contribution >= 4 is 5.96 Å². The minimum atomic E-state index is -0.0941. The summed E-state index contributed by atoms with van der Waals surface area (Å²) in [5.41, 5.74) is 0. The molecule has 6 nitrogen and oxygen atoms in total. The van der Waals surface area contributed by atoms with Crippen molar-refractivity contribution < 1.29 is 9.84 Å². The normalized spacial score (nSPS) is 20.4. The van der Waals surface area contributed by atoms with Crippen molar-refractivity contribution in [1.29, 1.82) is 0 Å². The second-order valence-corrected chi connectivity index (χ2v) is 7.78. The first kappa shape index (κ1) is 20.9. The van der Waals surface area contributed by atoms with Gasteiger partial charge in [0.1, 0.15) is 11.9 Å². The van der Waals surface area contributed by atoms with Crippen LogP contribution < -0.4 is 10.1 Å². The molecular weight excluding hydrogens is 352 g/mol. The van der Waals surface area contributed by atoms with E-state index in [1.807, 2.05) is 30.3 Å². The zero-order chi connectivity index (χ0) is 19.6. The number of aliphatic hydroxyl groups is 1. The van der Waals surface area contributed by atoms with Gasteiger partial charge in [-0.15, -0.1) is 0 Å². The fourth-order valence-electron chi connectivity index (χ4n) is 3.93. The first-order valence-electron chi connectivity index (χ1n) is 10.9. The molecule has 0 bridgehead atoms. The fourth-order valence-corrected chi connectivity index (χ4v) is 3.93. The van der Waals surface area contributed by atoms with Crippen LogP contribution in [0.3, 0.4) is 0 Å². The molecule has 0 atom stereocenters. The lowest BCUT2D eigenvalue weighted by Crippen LogP contribution is -2.47. The molecule has 0 unspecified atom stereocenters. The van der Waals surface area contributed by atoms with Crippen LogP contribution in [0.4, 0.5) is 0 Å². The number of hydrogen-bond acceptors (Lipinski definition) is 4. The summed E-state index contributed by atoms with van der Waals surface area (Å²) in [5.74, 6) is 2.00. The van der Waals surface area contributed by atoms with Crippen LogP contribution in [0.15, 0.2) is 35.3 Å². The third-order valence-electron chi connectivity index (χ3n) is 5.57. The smallest absolute Gasteiger partial charge is 0.193 e. The van der Waals surface area contributed by atoms with E-state index in [2.05, 4.69) is 22.0 Å². The molecule has 0 aromatic heterocycles. The summed E-state index contributed by atoms with van der Waals surface area (Å²) in [7, 11) is 0. The van der Waals surface area contributed by atoms with E-state index >= 15 is 0 Å². The number of nitrogens with one attached hydrogen (secondary N) is 1. The summed E-state index contributed by atoms with van der Waals surface area (Å²) in [5, 5.41) is 13.1. The first-order chi connectivity index (χ1) is 13.7. The van der Waals surface area contributed by atoms with Gasteiger partial charge in [-0.1, -0.05) is 18.2 Å². The minimum Gasteiger partial charge on any atom is -0.490 e. The SMILES string of the molecule is CCNC(=NCCCN1CCC(O)CC1)N1CCC(Oc2ccccc2)CC1. The first-order valence-corrected chi connectivity index (χ1v) is 10.9. The molecule has 2 aliphatic heterocycles. The van der Waals surface area contributed by atoms with Gasteiger partial charge in [0.2, 0.25) is 0 Å². The third-order valence-corrected chi connectivity index (χ3v) is 5.57. The average molecular weight is 389 g/mol. The molecular formula is C22H36N4O2. The van der Waals surface area contributed by atoms with Crippen LogP contribution in [-0.4, -0.2) is 78.9 Å². The number of aliphatic imine (C=N–C) groups is 1. The topological polar surface area (TPSA) is 60.3 Å². The van der Waals surface area contributed by atoms with E-state index in [0.29, 0.717) is 0 Å². The van der Waals surface area contributed by atoms with Gasteiger partial charge in [-0.05, 0) is 44.9 Å². The Bertz CT molecular complexity index is 579. The van der Waals surface area contributed by atoms with Gasteiger partial charge >= 0.3 is 0 Å². The Morgan fingerprint density at radius 1 is 1.11 bits per heavy atom. The van der Waals surface area contributed by atoms with E-state index in [4.69, 9.17) is 9.73 Å². The van der Waals surface area contributed by atoms with Crippen LogP contribution in [0.1, 0.15) is 39.0 Å². The lowest BCUT2D eigenvalue weighted by atomic mass is 10.1. The lowest BCUT2D eigenvalue weighted by Gasteiger charge is -2.34. The van der Waals surface area contributed by atoms with Crippen molar-refractivity contribution in [1.82, 2.24) is 15.1 Å². The molecule has 0 saturated carbocycles. The number of likely N-dealkylation sites (tertiary alicyclic amines) is 2. The highest BCUT2D eigenvalue weighted by Gasteiger charge is 2.22. The van der Waals surface area contributed by atoms with Crippen LogP contribution in [0.2, 0.25) is 0 Å². The van der Waals surface area contributed by atoms with Gasteiger partial charge < -0.3 is 25.0 Å². The van der Waals surface area contributed by atoms with E-state index in [0.717, 1.165) is 89.6 Å². The minimum absolute atomic E-state index is 0.0941. The molecule has 0 spiro atoms. The van der Waals surface area contributed by atoms with E-state index in [1.165, 1.54) is 0 Å². The number of nitrogens with zero attached hydrogens (tertiary/aromatic N) is 3. The quantitative estimate of drug-likeness (QED) is 0.427. The van der Waals surface area contributed by atoms with Crippen molar-refractivity contribution in [2.75, 3.05) is 45.8 Å². The molecule has 1 aromatic carbocycles. The van der Waals surface area contributed by atoms with Crippen molar-refractivity contribution in [3.63, 3.8) is 0 Å². The highest BCUT2D eigenvalue weighted by atomic mass is 16.5. The summed E-state index contributed by atoms with van der Waals surface area (Å²) in [6.07, 6.45) is 5.13. The summed E-state index contributed by atoms with van der Waals surface area (Å²) in [6.45, 7) is 8.92. The van der Waals surface area contributed by atoms with Crippen LogP contribution in [0.25, 0.3) is 0 Å². The molecule has 0 aliphatic carbocycles. The average Bonchev–Trinajstić information content (AvgIpc) is 2.73. The van der Waals surface area contributed by atoms with Gasteiger partial charge in [0.05, 0.1) is 6.10 Å². The Kier molecular flexibility index (Phi) is 8.42. The zero-order valence-corrected chi connectivity index (χ0v) is 17.2. The standard InChI is InChI=1S/C22H36N4O2/c1-2-23-22(24-13-6-14-25-15-9-19(27)10-16-25)26-17-11-21(12-18-26)28-20-7-4-3-5-8-20/h3-5,7-8,19,21,27H,2,6,9-18H2,1H3,(H,23,24). The summed E-state index contributed by atoms with van der Waals surface area (Å²) < 4.78 is 6.11. The molecule has 28 heavy (non-hydrogen) atoms. The molecule has 2 N–H and O–H groups in total. The van der Waals surface area contributed by atoms with Gasteiger partial charge in [0, 0.05) is 52.1 Å². The number of hydrogen-bond donors (Lipinski definition) is 2. The van der Waals surface area contributed by atoms with E-state index < -0.39 is 0 Å². The molecule has 0 radical (unpaired) electrons. The van der Waals surface area contributed by atoms with Gasteiger partial charge in [0.15, 0.2) is 5.96 Å². The molecule has 156 valence electrons. The van der Waals surface area contributed by atoms with Gasteiger partial charge in [0.25, 0.3) is 0 Å². The van der Waals surface area contributed by atoms with E-state index in [-0.39, 0.29) is 12.2 Å². The summed E-state index contributed by atoms with van der Waals surface area (Å²) in [4.78, 5) is 9.67. The second-order valence-electron chi connectivity index (χ2n) is 7.78. The molecule has 1 aromatic rings. The number of rotatable bonds is 7. The highest BCUT2D eigenvalue weighted by Crippen LogP contribution is 2.18. The third kappa shape index (κ3) is 6.67. The molecule has 2 aliphatic rings. The largest absolute Gasteiger partial charge is 0.490 e. The van der Waals surface area contributed by atoms with Crippen molar-refractivity contribution in [3.8, 4) is 5.75 Å². The molecule has 2 heterocycles. The predicted molar refractivity (Wildman–Crippen MR) is 114 cm³/mol. The number of benzene rings is 1. The monoisotopic (exact) mass is 388 g/mol. The maximum absolute atomic E-state index is 9.60. The second kappa shape index (κ2) is 11.3. The highest BCUT2D eigenvalue weighted by molar-refractivity contribution is 5.80. The molecule has 6 heteroatoms. The summed E-state index contributed by atoms with van der Waals surface area (Å²) >= 11 is 0. The Morgan fingerprint density at radius 2 is 1.82 bits per heavy atom. The predicted octanol–water partition coefficient (Wildman–Crippen LogP) is 2.34. The Hall–Kier alpha value is -1.79. The maximum atomic E-state index is 9.60. The zero-order valence-electron chi connectivity index (χ0n) is 17.2. The van der Waals surface area contributed by atoms with Gasteiger partial charge in [-0.2, -0.15) is 0 Å². The van der Waals surface area contributed by atoms with Crippen LogP contribution in [-0.2, 0) is 0 Å². The van der Waals surface area contributed by atoms with Crippen LogP contribution in [0, 0.1) is 0 Å². The van der Waals surface area contributed by atoms with E-state index in [9.17, 15) is 5.11 Å². The number of piperidine rings is 2.